The highest BCUT2D eigenvalue weighted by Crippen LogP contribution is 2.17. The number of nitrogens with zero attached hydrogens (tertiary/aromatic N) is 1. The van der Waals surface area contributed by atoms with E-state index in [2.05, 4.69) is 16.2 Å². The number of thiocarbonyl (C=S) groups is 1. The summed E-state index contributed by atoms with van der Waals surface area (Å²) in [6.45, 7) is 1.56. The van der Waals surface area contributed by atoms with E-state index in [1.807, 2.05) is 31.2 Å². The predicted molar refractivity (Wildman–Crippen MR) is 105 cm³/mol. The van der Waals surface area contributed by atoms with E-state index in [-0.39, 0.29) is 29.7 Å². The highest BCUT2D eigenvalue weighted by atomic mass is 32.1. The summed E-state index contributed by atoms with van der Waals surface area (Å²) in [5.41, 5.74) is 6.48. The minimum Gasteiger partial charge on any atom is -0.484 e. The van der Waals surface area contributed by atoms with E-state index in [1.165, 1.54) is 24.3 Å². The van der Waals surface area contributed by atoms with Gasteiger partial charge < -0.3 is 10.1 Å². The molecule has 0 aromatic heterocycles. The number of carbonyl (C=O) groups excluding carboxylic acids is 2. The molecule has 10 heteroatoms. The van der Waals surface area contributed by atoms with E-state index in [0.717, 1.165) is 11.1 Å². The van der Waals surface area contributed by atoms with E-state index in [0.29, 0.717) is 5.75 Å². The van der Waals surface area contributed by atoms with Crippen molar-refractivity contribution < 1.29 is 19.2 Å². The average molecular weight is 402 g/mol. The maximum Gasteiger partial charge on any atom is 0.276 e. The number of nitrogens with one attached hydrogen (secondary N) is 3. The molecule has 0 radical (unpaired) electrons. The van der Waals surface area contributed by atoms with E-state index in [9.17, 15) is 19.7 Å². The summed E-state index contributed by atoms with van der Waals surface area (Å²) in [5.74, 6) is -0.563. The second-order valence-corrected chi connectivity index (χ2v) is 6.10. The van der Waals surface area contributed by atoms with Gasteiger partial charge in [0.15, 0.2) is 11.7 Å². The van der Waals surface area contributed by atoms with Crippen LogP contribution in [-0.2, 0) is 16.0 Å². The molecule has 0 spiro atoms. The van der Waals surface area contributed by atoms with Gasteiger partial charge in [-0.1, -0.05) is 24.3 Å². The second kappa shape index (κ2) is 9.97. The van der Waals surface area contributed by atoms with Crippen LogP contribution >= 0.6 is 12.2 Å². The Bertz CT molecular complexity index is 886. The molecular weight excluding hydrogens is 384 g/mol. The van der Waals surface area contributed by atoms with Crippen LogP contribution in [0.3, 0.4) is 0 Å². The molecule has 9 nitrogen and oxygen atoms in total. The minimum absolute atomic E-state index is 0.0535. The van der Waals surface area contributed by atoms with Crippen molar-refractivity contribution in [3.05, 3.63) is 69.8 Å². The van der Waals surface area contributed by atoms with Crippen LogP contribution in [0, 0.1) is 17.0 Å². The maximum absolute atomic E-state index is 12.0. The van der Waals surface area contributed by atoms with Crippen molar-refractivity contribution in [2.24, 2.45) is 0 Å². The van der Waals surface area contributed by atoms with Gasteiger partial charge >= 0.3 is 0 Å². The van der Waals surface area contributed by atoms with E-state index < -0.39 is 10.8 Å². The number of nitro benzene ring substituents is 1. The van der Waals surface area contributed by atoms with Crippen molar-refractivity contribution in [1.82, 2.24) is 16.2 Å². The number of carbonyl (C=O) groups is 2. The zero-order chi connectivity index (χ0) is 20.5. The lowest BCUT2D eigenvalue weighted by Gasteiger charge is -2.12. The number of rotatable bonds is 6. The fraction of sp³-hybridized carbons (Fsp3) is 0.167. The Morgan fingerprint density at radius 1 is 1.07 bits per heavy atom. The lowest BCUT2D eigenvalue weighted by Crippen LogP contribution is -2.50. The first-order chi connectivity index (χ1) is 13.3. The van der Waals surface area contributed by atoms with Crippen LogP contribution in [0.4, 0.5) is 5.69 Å². The highest BCUT2D eigenvalue weighted by Gasteiger charge is 2.09. The Labute approximate surface area is 166 Å². The van der Waals surface area contributed by atoms with Gasteiger partial charge in [-0.05, 0) is 42.4 Å². The summed E-state index contributed by atoms with van der Waals surface area (Å²) in [5, 5.41) is 13.0. The Balaban J connectivity index is 1.70. The fourth-order valence-corrected chi connectivity index (χ4v) is 2.32. The lowest BCUT2D eigenvalue weighted by atomic mass is 10.1. The van der Waals surface area contributed by atoms with Crippen LogP contribution in [-0.4, -0.2) is 28.5 Å². The number of hydrogen-bond acceptors (Lipinski definition) is 6. The van der Waals surface area contributed by atoms with Crippen LogP contribution in [0.5, 0.6) is 5.75 Å². The molecule has 2 aromatic carbocycles. The molecule has 0 bridgehead atoms. The van der Waals surface area contributed by atoms with E-state index >= 15 is 0 Å². The normalized spacial score (nSPS) is 9.89. The van der Waals surface area contributed by atoms with Crippen molar-refractivity contribution in [2.75, 3.05) is 6.61 Å². The quantitative estimate of drug-likeness (QED) is 0.381. The molecule has 0 aliphatic rings. The smallest absolute Gasteiger partial charge is 0.276 e. The van der Waals surface area contributed by atoms with Crippen molar-refractivity contribution in [1.29, 1.82) is 0 Å². The van der Waals surface area contributed by atoms with Gasteiger partial charge in [-0.2, -0.15) is 0 Å². The summed E-state index contributed by atoms with van der Waals surface area (Å²) in [6.07, 6.45) is 0.158. The molecule has 2 aromatic rings. The molecule has 28 heavy (non-hydrogen) atoms. The van der Waals surface area contributed by atoms with Gasteiger partial charge in [-0.3, -0.25) is 30.6 Å². The number of benzene rings is 2. The minimum atomic E-state index is -0.547. The summed E-state index contributed by atoms with van der Waals surface area (Å²) in [6, 6.07) is 12.8. The number of hydrazine groups is 1. The summed E-state index contributed by atoms with van der Waals surface area (Å²) in [7, 11) is 0. The Morgan fingerprint density at radius 2 is 1.75 bits per heavy atom. The van der Waals surface area contributed by atoms with Crippen LogP contribution in [0.2, 0.25) is 0 Å². The first-order valence-corrected chi connectivity index (χ1v) is 8.56. The molecule has 2 amide bonds. The van der Waals surface area contributed by atoms with Gasteiger partial charge in [0.1, 0.15) is 5.75 Å². The first-order valence-electron chi connectivity index (χ1n) is 8.15. The summed E-state index contributed by atoms with van der Waals surface area (Å²) in [4.78, 5) is 33.8. The van der Waals surface area contributed by atoms with Gasteiger partial charge in [-0.25, -0.2) is 0 Å². The number of aryl methyl sites for hydroxylation is 1. The van der Waals surface area contributed by atoms with Gasteiger partial charge in [0.25, 0.3) is 11.6 Å². The number of non-ortho nitro benzene ring substituents is 1. The molecule has 3 N–H and O–H groups in total. The molecule has 146 valence electrons. The van der Waals surface area contributed by atoms with Crippen LogP contribution in [0.1, 0.15) is 11.1 Å². The largest absolute Gasteiger partial charge is 0.484 e. The first kappa shape index (κ1) is 20.8. The SMILES string of the molecule is Cc1ccccc1CC(=O)NC(=S)NNC(=O)COc1ccc([N+](=O)[O-])cc1. The maximum atomic E-state index is 12.0. The Morgan fingerprint density at radius 3 is 2.39 bits per heavy atom. The van der Waals surface area contributed by atoms with Gasteiger partial charge in [-0.15, -0.1) is 0 Å². The van der Waals surface area contributed by atoms with Crippen molar-refractivity contribution in [3.8, 4) is 5.75 Å². The third-order valence-electron chi connectivity index (χ3n) is 3.60. The Kier molecular flexibility index (Phi) is 7.40. The standard InChI is InChI=1S/C18H18N4O5S/c1-12-4-2-3-5-13(12)10-16(23)19-18(28)21-20-17(24)11-27-15-8-6-14(7-9-15)22(25)26/h2-9H,10-11H2,1H3,(H,20,24)(H2,19,21,23,28). The molecule has 0 saturated heterocycles. The summed E-state index contributed by atoms with van der Waals surface area (Å²) < 4.78 is 5.20. The number of nitro groups is 1. The predicted octanol–water partition coefficient (Wildman–Crippen LogP) is 1.55. The third-order valence-corrected chi connectivity index (χ3v) is 3.80. The van der Waals surface area contributed by atoms with E-state index in [1.54, 1.807) is 0 Å². The third kappa shape index (κ3) is 6.65. The van der Waals surface area contributed by atoms with Crippen LogP contribution in [0.25, 0.3) is 0 Å². The molecule has 0 aliphatic heterocycles. The number of amides is 2. The molecule has 0 unspecified atom stereocenters. The van der Waals surface area contributed by atoms with E-state index in [4.69, 9.17) is 17.0 Å². The number of ether oxygens (including phenoxy) is 1. The zero-order valence-corrected chi connectivity index (χ0v) is 15.7. The zero-order valence-electron chi connectivity index (χ0n) is 14.9. The molecule has 0 aliphatic carbocycles. The molecular formula is C18H18N4O5S. The van der Waals surface area contributed by atoms with Crippen molar-refractivity contribution in [2.45, 2.75) is 13.3 Å². The van der Waals surface area contributed by atoms with Crippen molar-refractivity contribution >= 4 is 34.8 Å². The topological polar surface area (TPSA) is 123 Å². The van der Waals surface area contributed by atoms with Gasteiger partial charge in [0.2, 0.25) is 5.91 Å². The van der Waals surface area contributed by atoms with Gasteiger partial charge in [0, 0.05) is 12.1 Å². The van der Waals surface area contributed by atoms with Gasteiger partial charge in [0.05, 0.1) is 11.3 Å². The average Bonchev–Trinajstić information content (AvgIpc) is 2.66. The van der Waals surface area contributed by atoms with Crippen LogP contribution in [0.15, 0.2) is 48.5 Å². The highest BCUT2D eigenvalue weighted by molar-refractivity contribution is 7.80. The van der Waals surface area contributed by atoms with Crippen LogP contribution < -0.4 is 20.9 Å². The second-order valence-electron chi connectivity index (χ2n) is 5.69. The molecule has 0 atom stereocenters. The van der Waals surface area contributed by atoms with Crippen molar-refractivity contribution in [3.63, 3.8) is 0 Å². The molecule has 0 saturated carbocycles. The molecule has 2 rings (SSSR count). The molecule has 0 fully saturated rings. The lowest BCUT2D eigenvalue weighted by molar-refractivity contribution is -0.384. The monoisotopic (exact) mass is 402 g/mol. The summed E-state index contributed by atoms with van der Waals surface area (Å²) >= 11 is 4.95. The number of hydrogen-bond donors (Lipinski definition) is 3. The fourth-order valence-electron chi connectivity index (χ4n) is 2.16. The Hall–Kier alpha value is -3.53. The molecule has 0 heterocycles.